The third kappa shape index (κ3) is 4.69. The number of carbonyl (C=O) groups is 1. The molecule has 0 unspecified atom stereocenters. The maximum atomic E-state index is 12.3. The second-order valence-electron chi connectivity index (χ2n) is 7.45. The fourth-order valence-electron chi connectivity index (χ4n) is 3.51. The Morgan fingerprint density at radius 1 is 1.09 bits per heavy atom. The molecule has 32 heavy (non-hydrogen) atoms. The average molecular weight is 428 g/mol. The van der Waals surface area contributed by atoms with Crippen LogP contribution in [0.2, 0.25) is 0 Å². The third-order valence-electron chi connectivity index (χ3n) is 5.14. The lowest BCUT2D eigenvalue weighted by Crippen LogP contribution is -2.05. The van der Waals surface area contributed by atoms with Crippen LogP contribution in [0.3, 0.4) is 0 Å². The minimum absolute atomic E-state index is 0.0122. The molecule has 0 aliphatic rings. The van der Waals surface area contributed by atoms with Gasteiger partial charge in [0.1, 0.15) is 5.82 Å². The van der Waals surface area contributed by atoms with E-state index in [-0.39, 0.29) is 5.78 Å². The highest BCUT2D eigenvalue weighted by Gasteiger charge is 2.16. The standard InChI is InChI=1S/C24H25N7O/c1-3-5-15-31-22(25-24(28-31)21(32)8-4-2)16-17-11-13-18(14-12-17)19-9-6-7-10-20(19)23-26-29-30-27-23/h3,5-7,9-14H,4,8,15-16H2,1-2H3,(H,26,27,29,30). The van der Waals surface area contributed by atoms with E-state index in [1.54, 1.807) is 0 Å². The molecule has 2 heterocycles. The van der Waals surface area contributed by atoms with Gasteiger partial charge in [-0.3, -0.25) is 4.79 Å². The molecule has 4 aromatic rings. The van der Waals surface area contributed by atoms with E-state index in [0.717, 1.165) is 34.5 Å². The zero-order valence-corrected chi connectivity index (χ0v) is 18.2. The van der Waals surface area contributed by atoms with E-state index >= 15 is 0 Å². The highest BCUT2D eigenvalue weighted by atomic mass is 16.1. The molecule has 2 aromatic carbocycles. The van der Waals surface area contributed by atoms with E-state index in [4.69, 9.17) is 0 Å². The van der Waals surface area contributed by atoms with E-state index in [9.17, 15) is 4.79 Å². The van der Waals surface area contributed by atoms with Gasteiger partial charge in [0, 0.05) is 18.4 Å². The van der Waals surface area contributed by atoms with Gasteiger partial charge in [-0.1, -0.05) is 67.6 Å². The smallest absolute Gasteiger partial charge is 0.217 e. The number of nitrogens with zero attached hydrogens (tertiary/aromatic N) is 6. The molecule has 8 nitrogen and oxygen atoms in total. The Morgan fingerprint density at radius 2 is 1.88 bits per heavy atom. The average Bonchev–Trinajstić information content (AvgIpc) is 3.49. The molecule has 162 valence electrons. The minimum Gasteiger partial charge on any atom is -0.291 e. The maximum absolute atomic E-state index is 12.3. The second-order valence-corrected chi connectivity index (χ2v) is 7.45. The number of nitrogens with one attached hydrogen (secondary N) is 1. The molecule has 0 radical (unpaired) electrons. The number of carbonyl (C=O) groups excluding carboxylic acids is 1. The normalized spacial score (nSPS) is 11.3. The van der Waals surface area contributed by atoms with Gasteiger partial charge in [-0.15, -0.1) is 10.2 Å². The van der Waals surface area contributed by atoms with Crippen molar-refractivity contribution in [1.29, 1.82) is 0 Å². The fraction of sp³-hybridized carbons (Fsp3) is 0.250. The molecule has 1 N–H and O–H groups in total. The van der Waals surface area contributed by atoms with Crippen molar-refractivity contribution in [3.8, 4) is 22.5 Å². The van der Waals surface area contributed by atoms with Crippen LogP contribution in [0.15, 0.2) is 60.7 Å². The summed E-state index contributed by atoms with van der Waals surface area (Å²) in [6, 6.07) is 16.3. The van der Waals surface area contributed by atoms with Crippen LogP contribution < -0.4 is 0 Å². The summed E-state index contributed by atoms with van der Waals surface area (Å²) < 4.78 is 1.81. The SMILES string of the molecule is CC=CCn1nc(C(=O)CCC)nc1Cc1ccc(-c2ccccc2-c2nnn[nH]2)cc1. The summed E-state index contributed by atoms with van der Waals surface area (Å²) in [5.41, 5.74) is 4.14. The van der Waals surface area contributed by atoms with Crippen LogP contribution in [-0.4, -0.2) is 41.2 Å². The van der Waals surface area contributed by atoms with E-state index in [1.165, 1.54) is 0 Å². The number of tetrazole rings is 1. The van der Waals surface area contributed by atoms with E-state index in [0.29, 0.717) is 31.0 Å². The molecule has 0 bridgehead atoms. The van der Waals surface area contributed by atoms with Gasteiger partial charge < -0.3 is 0 Å². The first-order valence-corrected chi connectivity index (χ1v) is 10.7. The molecule has 4 rings (SSSR count). The predicted molar refractivity (Wildman–Crippen MR) is 122 cm³/mol. The van der Waals surface area contributed by atoms with Crippen LogP contribution in [0.1, 0.15) is 48.7 Å². The molecule has 0 saturated carbocycles. The molecule has 0 aliphatic carbocycles. The molecule has 0 atom stereocenters. The molecule has 2 aromatic heterocycles. The number of allylic oxidation sites excluding steroid dienone is 2. The van der Waals surface area contributed by atoms with Crippen molar-refractivity contribution in [2.24, 2.45) is 0 Å². The molecule has 0 aliphatic heterocycles. The Balaban J connectivity index is 1.59. The lowest BCUT2D eigenvalue weighted by atomic mass is 9.98. The van der Waals surface area contributed by atoms with Crippen LogP contribution in [0, 0.1) is 0 Å². The van der Waals surface area contributed by atoms with Crippen molar-refractivity contribution < 1.29 is 4.79 Å². The molecule has 0 saturated heterocycles. The first-order valence-electron chi connectivity index (χ1n) is 10.7. The van der Waals surface area contributed by atoms with Crippen molar-refractivity contribution in [1.82, 2.24) is 35.4 Å². The van der Waals surface area contributed by atoms with Gasteiger partial charge in [-0.2, -0.15) is 0 Å². The van der Waals surface area contributed by atoms with E-state index in [2.05, 4.69) is 55.0 Å². The summed E-state index contributed by atoms with van der Waals surface area (Å²) in [6.45, 7) is 4.54. The summed E-state index contributed by atoms with van der Waals surface area (Å²) in [5.74, 6) is 1.70. The van der Waals surface area contributed by atoms with Crippen molar-refractivity contribution >= 4 is 5.78 Å². The van der Waals surface area contributed by atoms with E-state index < -0.39 is 0 Å². The monoisotopic (exact) mass is 427 g/mol. The van der Waals surface area contributed by atoms with Gasteiger partial charge in [0.05, 0.1) is 6.54 Å². The third-order valence-corrected chi connectivity index (χ3v) is 5.14. The number of benzene rings is 2. The fourth-order valence-corrected chi connectivity index (χ4v) is 3.51. The number of rotatable bonds is 9. The quantitative estimate of drug-likeness (QED) is 0.316. The lowest BCUT2D eigenvalue weighted by molar-refractivity contribution is 0.0971. The Bertz CT molecular complexity index is 1210. The Hall–Kier alpha value is -3.94. The van der Waals surface area contributed by atoms with Crippen molar-refractivity contribution in [2.75, 3.05) is 0 Å². The van der Waals surface area contributed by atoms with Gasteiger partial charge in [0.15, 0.2) is 5.82 Å². The highest BCUT2D eigenvalue weighted by Crippen LogP contribution is 2.30. The number of H-pyrrole nitrogens is 1. The molecule has 0 spiro atoms. The zero-order chi connectivity index (χ0) is 22.3. The van der Waals surface area contributed by atoms with Gasteiger partial charge in [0.25, 0.3) is 0 Å². The van der Waals surface area contributed by atoms with Crippen LogP contribution in [0.5, 0.6) is 0 Å². The van der Waals surface area contributed by atoms with Gasteiger partial charge >= 0.3 is 0 Å². The summed E-state index contributed by atoms with van der Waals surface area (Å²) in [6.07, 6.45) is 5.81. The number of aromatic amines is 1. The van der Waals surface area contributed by atoms with Crippen molar-refractivity contribution in [3.05, 3.63) is 77.9 Å². The van der Waals surface area contributed by atoms with Crippen LogP contribution >= 0.6 is 0 Å². The van der Waals surface area contributed by atoms with Crippen LogP contribution in [0.4, 0.5) is 0 Å². The highest BCUT2D eigenvalue weighted by molar-refractivity contribution is 5.92. The summed E-state index contributed by atoms with van der Waals surface area (Å²) in [4.78, 5) is 16.8. The number of hydrogen-bond acceptors (Lipinski definition) is 6. The van der Waals surface area contributed by atoms with Gasteiger partial charge in [-0.25, -0.2) is 14.8 Å². The summed E-state index contributed by atoms with van der Waals surface area (Å²) in [7, 11) is 0. The number of hydrogen-bond donors (Lipinski definition) is 1. The Morgan fingerprint density at radius 3 is 2.56 bits per heavy atom. The van der Waals surface area contributed by atoms with Crippen LogP contribution in [0.25, 0.3) is 22.5 Å². The lowest BCUT2D eigenvalue weighted by Gasteiger charge is -2.08. The maximum Gasteiger partial charge on any atom is 0.217 e. The van der Waals surface area contributed by atoms with Crippen molar-refractivity contribution in [2.45, 2.75) is 39.7 Å². The number of Topliss-reactive ketones (excluding diaryl/α,β-unsaturated/α-hetero) is 1. The number of ketones is 1. The Labute approximate surface area is 186 Å². The second kappa shape index (κ2) is 9.91. The Kier molecular flexibility index (Phi) is 6.60. The summed E-state index contributed by atoms with van der Waals surface area (Å²) >= 11 is 0. The zero-order valence-electron chi connectivity index (χ0n) is 18.2. The molecular formula is C24H25N7O. The molecular weight excluding hydrogens is 402 g/mol. The van der Waals surface area contributed by atoms with Crippen LogP contribution in [-0.2, 0) is 13.0 Å². The topological polar surface area (TPSA) is 102 Å². The van der Waals surface area contributed by atoms with Gasteiger partial charge in [-0.05, 0) is 40.5 Å². The summed E-state index contributed by atoms with van der Waals surface area (Å²) in [5, 5.41) is 18.7. The molecule has 8 heteroatoms. The number of aromatic nitrogens is 7. The minimum atomic E-state index is -0.0122. The van der Waals surface area contributed by atoms with E-state index in [1.807, 2.05) is 54.9 Å². The van der Waals surface area contributed by atoms with Gasteiger partial charge in [0.2, 0.25) is 11.6 Å². The molecule has 0 fully saturated rings. The largest absolute Gasteiger partial charge is 0.291 e. The van der Waals surface area contributed by atoms with Crippen molar-refractivity contribution in [3.63, 3.8) is 0 Å². The molecule has 0 amide bonds. The first kappa shape index (κ1) is 21.3. The predicted octanol–water partition coefficient (Wildman–Crippen LogP) is 4.27. The first-order chi connectivity index (χ1) is 15.7.